The van der Waals surface area contributed by atoms with Crippen molar-refractivity contribution in [1.29, 1.82) is 0 Å². The lowest BCUT2D eigenvalue weighted by molar-refractivity contribution is -0.127. The third kappa shape index (κ3) is 2.07. The van der Waals surface area contributed by atoms with E-state index in [1.54, 1.807) is 0 Å². The summed E-state index contributed by atoms with van der Waals surface area (Å²) in [6.07, 6.45) is 11.4. The lowest BCUT2D eigenvalue weighted by atomic mass is 9.49. The summed E-state index contributed by atoms with van der Waals surface area (Å²) in [5.74, 6) is 5.76. The first-order valence-electron chi connectivity index (χ1n) is 9.68. The molecule has 1 nitrogen and oxygen atoms in total. The molecule has 0 aromatic rings. The zero-order valence-corrected chi connectivity index (χ0v) is 14.4. The van der Waals surface area contributed by atoms with Gasteiger partial charge in [0.05, 0.1) is 0 Å². The molecule has 0 aromatic carbocycles. The molecule has 0 aromatic heterocycles. The molecule has 4 fully saturated rings. The largest absolute Gasteiger partial charge is 0.300 e. The maximum absolute atomic E-state index is 11.8. The van der Waals surface area contributed by atoms with Crippen molar-refractivity contribution in [2.24, 2.45) is 40.9 Å². The molecule has 0 N–H and O–H groups in total. The molecule has 0 aliphatic heterocycles. The highest BCUT2D eigenvalue weighted by Gasteiger charge is 2.56. The molecule has 7 atom stereocenters. The van der Waals surface area contributed by atoms with Crippen LogP contribution in [0.5, 0.6) is 0 Å². The summed E-state index contributed by atoms with van der Waals surface area (Å²) in [6.45, 7) is 9.15. The number of rotatable bonds is 1. The molecule has 0 saturated heterocycles. The fourth-order valence-corrected chi connectivity index (χ4v) is 7.47. The predicted molar refractivity (Wildman–Crippen MR) is 90.4 cm³/mol. The quantitative estimate of drug-likeness (QED) is 0.592. The van der Waals surface area contributed by atoms with Gasteiger partial charge in [0.15, 0.2) is 0 Å². The zero-order valence-electron chi connectivity index (χ0n) is 14.4. The highest BCUT2D eigenvalue weighted by atomic mass is 16.1. The molecule has 0 unspecified atom stereocenters. The van der Waals surface area contributed by atoms with Crippen molar-refractivity contribution in [3.63, 3.8) is 0 Å². The van der Waals surface area contributed by atoms with E-state index in [0.717, 1.165) is 48.3 Å². The van der Waals surface area contributed by atoms with E-state index < -0.39 is 0 Å². The molecule has 0 spiro atoms. The van der Waals surface area contributed by atoms with Gasteiger partial charge in [0.1, 0.15) is 5.78 Å². The molecule has 0 radical (unpaired) electrons. The Morgan fingerprint density at radius 1 is 1.05 bits per heavy atom. The summed E-state index contributed by atoms with van der Waals surface area (Å²) in [5.41, 5.74) is 1.96. The van der Waals surface area contributed by atoms with Crippen LogP contribution in [-0.4, -0.2) is 5.78 Å². The highest BCUT2D eigenvalue weighted by molar-refractivity contribution is 5.79. The summed E-state index contributed by atoms with van der Waals surface area (Å²) < 4.78 is 0. The van der Waals surface area contributed by atoms with E-state index in [0.29, 0.717) is 11.2 Å². The van der Waals surface area contributed by atoms with Gasteiger partial charge in [-0.3, -0.25) is 4.79 Å². The minimum atomic E-state index is 0.532. The lowest BCUT2D eigenvalue weighted by Crippen LogP contribution is -2.48. The fraction of sp³-hybridized carbons (Fsp3) is 0.857. The number of carbonyl (C=O) groups is 1. The van der Waals surface area contributed by atoms with Crippen LogP contribution in [0.25, 0.3) is 0 Å². The predicted octanol–water partition coefficient (Wildman–Crippen LogP) is 5.40. The third-order valence-corrected chi connectivity index (χ3v) is 8.36. The maximum Gasteiger partial charge on any atom is 0.133 e. The van der Waals surface area contributed by atoms with Crippen LogP contribution in [0, 0.1) is 40.9 Å². The smallest absolute Gasteiger partial charge is 0.133 e. The second kappa shape index (κ2) is 5.21. The van der Waals surface area contributed by atoms with E-state index in [1.807, 2.05) is 0 Å². The number of hydrogen-bond donors (Lipinski definition) is 0. The van der Waals surface area contributed by atoms with Crippen molar-refractivity contribution in [3.8, 4) is 0 Å². The highest BCUT2D eigenvalue weighted by Crippen LogP contribution is 2.64. The fourth-order valence-electron chi connectivity index (χ4n) is 7.47. The van der Waals surface area contributed by atoms with Crippen LogP contribution in [0.4, 0.5) is 0 Å². The van der Waals surface area contributed by atoms with Crippen molar-refractivity contribution >= 4 is 5.78 Å². The van der Waals surface area contributed by atoms with E-state index in [1.165, 1.54) is 50.5 Å². The summed E-state index contributed by atoms with van der Waals surface area (Å²) in [5, 5.41) is 0. The van der Waals surface area contributed by atoms with Crippen LogP contribution in [0.3, 0.4) is 0 Å². The molecule has 4 saturated carbocycles. The Hall–Kier alpha value is -0.590. The molecular formula is C21H32O. The molecule has 4 aliphatic rings. The molecule has 1 heteroatoms. The summed E-state index contributed by atoms with van der Waals surface area (Å²) >= 11 is 0. The molecule has 22 heavy (non-hydrogen) atoms. The Kier molecular flexibility index (Phi) is 3.55. The van der Waals surface area contributed by atoms with Gasteiger partial charge >= 0.3 is 0 Å². The van der Waals surface area contributed by atoms with Crippen LogP contribution in [-0.2, 0) is 4.79 Å². The average Bonchev–Trinajstić information content (AvgIpc) is 2.84. The van der Waals surface area contributed by atoms with Crippen LogP contribution >= 0.6 is 0 Å². The van der Waals surface area contributed by atoms with E-state index >= 15 is 0 Å². The van der Waals surface area contributed by atoms with Gasteiger partial charge in [-0.2, -0.15) is 0 Å². The van der Waals surface area contributed by atoms with Crippen molar-refractivity contribution in [3.05, 3.63) is 12.2 Å². The standard InChI is InChI=1S/C21H32O/c1-13(2)19-8-9-20-18-6-4-14-12-15(22)5-7-16(14)17(18)10-11-21(19,20)3/h14,16-20H,1,4-12H2,2-3H3/t14-,16-,17+,18+,19+,20-,21+/m0/s1. The van der Waals surface area contributed by atoms with Crippen LogP contribution in [0.2, 0.25) is 0 Å². The molecule has 0 amide bonds. The van der Waals surface area contributed by atoms with Gasteiger partial charge in [-0.15, -0.1) is 0 Å². The normalized spacial score (nSPS) is 50.9. The van der Waals surface area contributed by atoms with E-state index in [9.17, 15) is 4.79 Å². The molecular weight excluding hydrogens is 268 g/mol. The third-order valence-electron chi connectivity index (χ3n) is 8.36. The Morgan fingerprint density at radius 2 is 1.86 bits per heavy atom. The first kappa shape index (κ1) is 15.0. The van der Waals surface area contributed by atoms with Crippen LogP contribution in [0.1, 0.15) is 71.6 Å². The van der Waals surface area contributed by atoms with Crippen molar-refractivity contribution in [2.75, 3.05) is 0 Å². The lowest BCUT2D eigenvalue weighted by Gasteiger charge is -2.55. The van der Waals surface area contributed by atoms with Crippen LogP contribution in [0.15, 0.2) is 12.2 Å². The summed E-state index contributed by atoms with van der Waals surface area (Å²) in [6, 6.07) is 0. The number of carbonyl (C=O) groups excluding carboxylic acids is 1. The Morgan fingerprint density at radius 3 is 2.64 bits per heavy atom. The van der Waals surface area contributed by atoms with Gasteiger partial charge in [-0.1, -0.05) is 19.1 Å². The monoisotopic (exact) mass is 300 g/mol. The molecule has 4 aliphatic carbocycles. The topological polar surface area (TPSA) is 17.1 Å². The van der Waals surface area contributed by atoms with Crippen molar-refractivity contribution in [1.82, 2.24) is 0 Å². The number of allylic oxidation sites excluding steroid dienone is 1. The van der Waals surface area contributed by atoms with Gasteiger partial charge < -0.3 is 0 Å². The van der Waals surface area contributed by atoms with Gasteiger partial charge in [-0.25, -0.2) is 0 Å². The summed E-state index contributed by atoms with van der Waals surface area (Å²) in [7, 11) is 0. The van der Waals surface area contributed by atoms with Gasteiger partial charge in [0.2, 0.25) is 0 Å². The second-order valence-electron chi connectivity index (χ2n) is 9.24. The molecule has 122 valence electrons. The number of Topliss-reactive ketones (excluding diaryl/α,β-unsaturated/α-hetero) is 1. The minimum absolute atomic E-state index is 0.532. The zero-order chi connectivity index (χ0) is 15.5. The first-order chi connectivity index (χ1) is 10.5. The van der Waals surface area contributed by atoms with Gasteiger partial charge in [-0.05, 0) is 92.8 Å². The van der Waals surface area contributed by atoms with Crippen molar-refractivity contribution in [2.45, 2.75) is 71.6 Å². The van der Waals surface area contributed by atoms with Gasteiger partial charge in [0.25, 0.3) is 0 Å². The molecule has 0 bridgehead atoms. The number of ketones is 1. The molecule has 0 heterocycles. The maximum atomic E-state index is 11.8. The number of hydrogen-bond acceptors (Lipinski definition) is 1. The van der Waals surface area contributed by atoms with E-state index in [-0.39, 0.29) is 0 Å². The van der Waals surface area contributed by atoms with E-state index in [2.05, 4.69) is 20.4 Å². The average molecular weight is 300 g/mol. The number of fused-ring (bicyclic) bond motifs is 5. The summed E-state index contributed by atoms with van der Waals surface area (Å²) in [4.78, 5) is 11.8. The Bertz CT molecular complexity index is 492. The van der Waals surface area contributed by atoms with E-state index in [4.69, 9.17) is 0 Å². The van der Waals surface area contributed by atoms with Crippen LogP contribution < -0.4 is 0 Å². The first-order valence-corrected chi connectivity index (χ1v) is 9.68. The second-order valence-corrected chi connectivity index (χ2v) is 9.24. The SMILES string of the molecule is C=C(C)[C@H]1CC[C@H]2[C@@H]3CC[C@H]4CC(=O)CC[C@@H]4[C@H]3CC[C@]12C. The van der Waals surface area contributed by atoms with Gasteiger partial charge in [0, 0.05) is 12.8 Å². The van der Waals surface area contributed by atoms with Crippen molar-refractivity contribution < 1.29 is 4.79 Å². The Labute approximate surface area is 135 Å². The Balaban J connectivity index is 1.58. The minimum Gasteiger partial charge on any atom is -0.300 e. The molecule has 4 rings (SSSR count).